The first-order valence-corrected chi connectivity index (χ1v) is 7.18. The molecule has 108 valence electrons. The number of amides is 1. The number of nitrogens with one attached hydrogen (secondary N) is 1. The van der Waals surface area contributed by atoms with Gasteiger partial charge in [-0.25, -0.2) is 5.43 Å². The third kappa shape index (κ3) is 4.43. The van der Waals surface area contributed by atoms with Crippen molar-refractivity contribution < 1.29 is 9.21 Å². The molecule has 0 saturated carbocycles. The average Bonchev–Trinajstić information content (AvgIpc) is 2.79. The lowest BCUT2D eigenvalue weighted by atomic mass is 10.2. The van der Waals surface area contributed by atoms with E-state index in [4.69, 9.17) is 4.42 Å². The van der Waals surface area contributed by atoms with Crippen molar-refractivity contribution in [1.29, 1.82) is 0 Å². The monoisotopic (exact) mass is 346 g/mol. The van der Waals surface area contributed by atoms with Gasteiger partial charge in [-0.1, -0.05) is 30.3 Å². The molecular formula is C16H15BrN2O2. The van der Waals surface area contributed by atoms with Crippen molar-refractivity contribution in [1.82, 2.24) is 5.43 Å². The molecule has 0 atom stereocenters. The highest BCUT2D eigenvalue weighted by molar-refractivity contribution is 9.12. The second kappa shape index (κ2) is 7.04. The number of halogens is 1. The molecule has 0 saturated heterocycles. The van der Waals surface area contributed by atoms with Crippen LogP contribution in [0.25, 0.3) is 6.08 Å². The molecule has 0 aliphatic carbocycles. The summed E-state index contributed by atoms with van der Waals surface area (Å²) < 4.78 is 6.07. The summed E-state index contributed by atoms with van der Waals surface area (Å²) >= 11 is 3.38. The quantitative estimate of drug-likeness (QED) is 0.670. The molecular weight excluding hydrogens is 332 g/mol. The van der Waals surface area contributed by atoms with Crippen LogP contribution in [0.2, 0.25) is 0 Å². The minimum atomic E-state index is -0.291. The second-order valence-electron chi connectivity index (χ2n) is 4.47. The fourth-order valence-electron chi connectivity index (χ4n) is 1.81. The lowest BCUT2D eigenvalue weighted by Gasteiger charge is -1.97. The van der Waals surface area contributed by atoms with Crippen molar-refractivity contribution >= 4 is 34.1 Å². The summed E-state index contributed by atoms with van der Waals surface area (Å²) in [5.41, 5.74) is 4.01. The molecule has 0 radical (unpaired) electrons. The van der Waals surface area contributed by atoms with Gasteiger partial charge in [0, 0.05) is 4.48 Å². The zero-order valence-corrected chi connectivity index (χ0v) is 13.3. The Hall–Kier alpha value is -2.14. The van der Waals surface area contributed by atoms with Gasteiger partial charge in [-0.2, -0.15) is 5.10 Å². The number of benzene rings is 1. The minimum Gasteiger partial charge on any atom is -0.466 e. The van der Waals surface area contributed by atoms with Crippen LogP contribution >= 0.6 is 15.9 Å². The Morgan fingerprint density at radius 1 is 1.29 bits per heavy atom. The molecule has 1 N–H and O–H groups in total. The van der Waals surface area contributed by atoms with Gasteiger partial charge in [0.05, 0.1) is 11.8 Å². The number of aryl methyl sites for hydroxylation is 2. The SMILES string of the molecule is Cc1cc(C(=O)NN=C/C(Br)=C/c2ccccc2)c(C)o1. The van der Waals surface area contributed by atoms with Gasteiger partial charge in [0.2, 0.25) is 0 Å². The maximum Gasteiger partial charge on any atom is 0.274 e. The van der Waals surface area contributed by atoms with E-state index in [1.807, 2.05) is 36.4 Å². The third-order valence-corrected chi connectivity index (χ3v) is 3.18. The minimum absolute atomic E-state index is 0.291. The number of allylic oxidation sites excluding steroid dienone is 1. The van der Waals surface area contributed by atoms with E-state index in [0.717, 1.165) is 10.0 Å². The molecule has 5 heteroatoms. The van der Waals surface area contributed by atoms with E-state index in [1.54, 1.807) is 19.9 Å². The van der Waals surface area contributed by atoms with Gasteiger partial charge in [-0.15, -0.1) is 0 Å². The first kappa shape index (κ1) is 15.3. The molecule has 0 aliphatic heterocycles. The van der Waals surface area contributed by atoms with Crippen LogP contribution in [0.15, 0.2) is 50.4 Å². The molecule has 1 amide bonds. The van der Waals surface area contributed by atoms with Crippen LogP contribution in [0.3, 0.4) is 0 Å². The van der Waals surface area contributed by atoms with E-state index in [1.165, 1.54) is 6.21 Å². The molecule has 0 spiro atoms. The molecule has 1 aromatic heterocycles. The van der Waals surface area contributed by atoms with Gasteiger partial charge >= 0.3 is 0 Å². The largest absolute Gasteiger partial charge is 0.466 e. The van der Waals surface area contributed by atoms with Gasteiger partial charge in [0.1, 0.15) is 11.5 Å². The Morgan fingerprint density at radius 2 is 2.00 bits per heavy atom. The predicted octanol–water partition coefficient (Wildman–Crippen LogP) is 4.05. The van der Waals surface area contributed by atoms with E-state index < -0.39 is 0 Å². The number of carbonyl (C=O) groups is 1. The van der Waals surface area contributed by atoms with E-state index in [0.29, 0.717) is 17.1 Å². The molecule has 4 nitrogen and oxygen atoms in total. The van der Waals surface area contributed by atoms with Crippen molar-refractivity contribution in [2.75, 3.05) is 0 Å². The number of nitrogens with zero attached hydrogens (tertiary/aromatic N) is 1. The molecule has 0 unspecified atom stereocenters. The maximum absolute atomic E-state index is 11.9. The van der Waals surface area contributed by atoms with Crippen molar-refractivity contribution in [3.63, 3.8) is 0 Å². The topological polar surface area (TPSA) is 54.6 Å². The zero-order valence-electron chi connectivity index (χ0n) is 11.8. The van der Waals surface area contributed by atoms with E-state index in [2.05, 4.69) is 26.5 Å². The van der Waals surface area contributed by atoms with Crippen molar-refractivity contribution in [3.05, 3.63) is 63.5 Å². The summed E-state index contributed by atoms with van der Waals surface area (Å²) in [7, 11) is 0. The molecule has 0 fully saturated rings. The fourth-order valence-corrected chi connectivity index (χ4v) is 2.18. The summed E-state index contributed by atoms with van der Waals surface area (Å²) in [5.74, 6) is 0.992. The highest BCUT2D eigenvalue weighted by atomic mass is 79.9. The number of rotatable bonds is 4. The average molecular weight is 347 g/mol. The van der Waals surface area contributed by atoms with Crippen LogP contribution in [-0.2, 0) is 0 Å². The fraction of sp³-hybridized carbons (Fsp3) is 0.125. The first-order chi connectivity index (χ1) is 10.1. The van der Waals surface area contributed by atoms with Crippen LogP contribution in [-0.4, -0.2) is 12.1 Å². The molecule has 2 rings (SSSR count). The van der Waals surface area contributed by atoms with Crippen LogP contribution in [0.1, 0.15) is 27.4 Å². The number of hydrogen-bond acceptors (Lipinski definition) is 3. The van der Waals surface area contributed by atoms with Crippen LogP contribution in [0.4, 0.5) is 0 Å². The van der Waals surface area contributed by atoms with Gasteiger partial charge in [-0.3, -0.25) is 4.79 Å². The summed E-state index contributed by atoms with van der Waals surface area (Å²) in [6, 6.07) is 11.5. The van der Waals surface area contributed by atoms with E-state index in [-0.39, 0.29) is 5.91 Å². The summed E-state index contributed by atoms with van der Waals surface area (Å²) in [6.07, 6.45) is 3.44. The Balaban J connectivity index is 1.97. The lowest BCUT2D eigenvalue weighted by Crippen LogP contribution is -2.17. The van der Waals surface area contributed by atoms with Crippen molar-refractivity contribution in [2.24, 2.45) is 5.10 Å². The summed E-state index contributed by atoms with van der Waals surface area (Å²) in [4.78, 5) is 11.9. The van der Waals surface area contributed by atoms with Crippen LogP contribution in [0.5, 0.6) is 0 Å². The molecule has 2 aromatic rings. The molecule has 0 aliphatic rings. The molecule has 1 heterocycles. The molecule has 1 aromatic carbocycles. The van der Waals surface area contributed by atoms with Gasteiger partial charge in [-0.05, 0) is 47.5 Å². The van der Waals surface area contributed by atoms with Crippen molar-refractivity contribution in [3.8, 4) is 0 Å². The standard InChI is InChI=1S/C16H15BrN2O2/c1-11-8-15(12(2)21-11)16(20)19-18-10-14(17)9-13-6-4-3-5-7-13/h3-10H,1-2H3,(H,19,20)/b14-9-,18-10?. The molecule has 21 heavy (non-hydrogen) atoms. The van der Waals surface area contributed by atoms with Crippen molar-refractivity contribution in [2.45, 2.75) is 13.8 Å². The second-order valence-corrected chi connectivity index (χ2v) is 5.38. The Labute approximate surface area is 131 Å². The number of hydrazone groups is 1. The number of hydrogen-bond donors (Lipinski definition) is 1. The Morgan fingerprint density at radius 3 is 2.62 bits per heavy atom. The number of carbonyl (C=O) groups excluding carboxylic acids is 1. The number of furan rings is 1. The summed E-state index contributed by atoms with van der Waals surface area (Å²) in [6.45, 7) is 3.54. The Kier molecular flexibility index (Phi) is 5.11. The smallest absolute Gasteiger partial charge is 0.274 e. The third-order valence-electron chi connectivity index (χ3n) is 2.74. The highest BCUT2D eigenvalue weighted by Crippen LogP contribution is 2.13. The zero-order chi connectivity index (χ0) is 15.2. The maximum atomic E-state index is 11.9. The van der Waals surface area contributed by atoms with Gasteiger partial charge < -0.3 is 4.42 Å². The van der Waals surface area contributed by atoms with E-state index >= 15 is 0 Å². The van der Waals surface area contributed by atoms with Gasteiger partial charge in [0.25, 0.3) is 5.91 Å². The van der Waals surface area contributed by atoms with Crippen LogP contribution < -0.4 is 5.43 Å². The van der Waals surface area contributed by atoms with Gasteiger partial charge in [0.15, 0.2) is 0 Å². The Bertz CT molecular complexity index is 688. The highest BCUT2D eigenvalue weighted by Gasteiger charge is 2.12. The normalized spacial score (nSPS) is 11.9. The first-order valence-electron chi connectivity index (χ1n) is 6.39. The molecule has 0 bridgehead atoms. The van der Waals surface area contributed by atoms with E-state index in [9.17, 15) is 4.79 Å². The predicted molar refractivity (Wildman–Crippen MR) is 87.5 cm³/mol. The summed E-state index contributed by atoms with van der Waals surface area (Å²) in [5, 5.41) is 3.91. The lowest BCUT2D eigenvalue weighted by molar-refractivity contribution is 0.0953. The van der Waals surface area contributed by atoms with Crippen LogP contribution in [0, 0.1) is 13.8 Å².